The number of nitrogens with one attached hydrogen (secondary N) is 1. The Morgan fingerprint density at radius 3 is 2.72 bits per heavy atom. The van der Waals surface area contributed by atoms with Gasteiger partial charge in [0.2, 0.25) is 0 Å². The van der Waals surface area contributed by atoms with Gasteiger partial charge < -0.3 is 10.1 Å². The van der Waals surface area contributed by atoms with Crippen molar-refractivity contribution in [3.63, 3.8) is 0 Å². The minimum absolute atomic E-state index is 0.700. The third kappa shape index (κ3) is 6.77. The van der Waals surface area contributed by atoms with Crippen molar-refractivity contribution < 1.29 is 4.74 Å². The second kappa shape index (κ2) is 9.12. The first kappa shape index (κ1) is 15.2. The van der Waals surface area contributed by atoms with Crippen LogP contribution in [0.25, 0.3) is 0 Å². The Morgan fingerprint density at radius 2 is 2.00 bits per heavy atom. The van der Waals surface area contributed by atoms with Crippen LogP contribution in [0.2, 0.25) is 0 Å². The van der Waals surface area contributed by atoms with E-state index in [1.807, 2.05) is 0 Å². The fourth-order valence-corrected chi connectivity index (χ4v) is 1.77. The Bertz CT molecular complexity index is 323. The first-order chi connectivity index (χ1) is 8.72. The minimum atomic E-state index is 0.700. The van der Waals surface area contributed by atoms with Crippen LogP contribution in [0.4, 0.5) is 0 Å². The maximum atomic E-state index is 5.64. The lowest BCUT2D eigenvalue weighted by atomic mass is 10.1. The van der Waals surface area contributed by atoms with Gasteiger partial charge in [-0.3, -0.25) is 0 Å². The molecule has 0 saturated carbocycles. The Morgan fingerprint density at radius 1 is 1.22 bits per heavy atom. The Balaban J connectivity index is 2.32. The van der Waals surface area contributed by atoms with Gasteiger partial charge in [-0.2, -0.15) is 0 Å². The number of ether oxygens (including phenoxy) is 1. The van der Waals surface area contributed by atoms with Gasteiger partial charge in [0.15, 0.2) is 0 Å². The van der Waals surface area contributed by atoms with Gasteiger partial charge in [0.1, 0.15) is 0 Å². The van der Waals surface area contributed by atoms with Crippen molar-refractivity contribution in [1.82, 2.24) is 5.32 Å². The molecule has 2 nitrogen and oxygen atoms in total. The van der Waals surface area contributed by atoms with Crippen molar-refractivity contribution in [2.24, 2.45) is 5.92 Å². The summed E-state index contributed by atoms with van der Waals surface area (Å²) in [4.78, 5) is 0. The molecule has 18 heavy (non-hydrogen) atoms. The minimum Gasteiger partial charge on any atom is -0.377 e. The fourth-order valence-electron chi connectivity index (χ4n) is 1.77. The first-order valence-electron chi connectivity index (χ1n) is 7.08. The normalized spacial score (nSPS) is 11.1. The summed E-state index contributed by atoms with van der Waals surface area (Å²) in [5.74, 6) is 0.700. The third-order valence-corrected chi connectivity index (χ3v) is 2.78. The molecule has 2 heteroatoms. The van der Waals surface area contributed by atoms with E-state index in [2.05, 4.69) is 50.4 Å². The molecule has 102 valence electrons. The summed E-state index contributed by atoms with van der Waals surface area (Å²) in [5, 5.41) is 3.46. The molecule has 0 spiro atoms. The Hall–Kier alpha value is -0.860. The van der Waals surface area contributed by atoms with Crippen LogP contribution in [0.15, 0.2) is 24.3 Å². The molecule has 0 unspecified atom stereocenters. The first-order valence-corrected chi connectivity index (χ1v) is 7.08. The summed E-state index contributed by atoms with van der Waals surface area (Å²) >= 11 is 0. The van der Waals surface area contributed by atoms with Crippen LogP contribution in [-0.2, 0) is 17.9 Å². The maximum Gasteiger partial charge on any atom is 0.0716 e. The molecule has 0 fully saturated rings. The van der Waals surface area contributed by atoms with E-state index in [0.29, 0.717) is 5.92 Å². The molecule has 0 radical (unpaired) electrons. The van der Waals surface area contributed by atoms with Gasteiger partial charge in [-0.05, 0) is 30.0 Å². The van der Waals surface area contributed by atoms with Crippen molar-refractivity contribution in [2.45, 2.75) is 46.8 Å². The predicted octanol–water partition coefficient (Wildman–Crippen LogP) is 3.75. The summed E-state index contributed by atoms with van der Waals surface area (Å²) < 4.78 is 5.64. The highest BCUT2D eigenvalue weighted by Crippen LogP contribution is 2.07. The van der Waals surface area contributed by atoms with Crippen molar-refractivity contribution in [1.29, 1.82) is 0 Å². The monoisotopic (exact) mass is 249 g/mol. The highest BCUT2D eigenvalue weighted by atomic mass is 16.5. The summed E-state index contributed by atoms with van der Waals surface area (Å²) in [6.45, 7) is 10.3. The SMILES string of the molecule is CCCCOCc1cccc(CNCC(C)C)c1. The molecule has 0 bridgehead atoms. The van der Waals surface area contributed by atoms with E-state index in [-0.39, 0.29) is 0 Å². The number of rotatable bonds is 9. The molecule has 0 atom stereocenters. The van der Waals surface area contributed by atoms with Gasteiger partial charge in [0.25, 0.3) is 0 Å². The molecule has 1 N–H and O–H groups in total. The smallest absolute Gasteiger partial charge is 0.0716 e. The second-order valence-electron chi connectivity index (χ2n) is 5.25. The van der Waals surface area contributed by atoms with E-state index in [4.69, 9.17) is 4.74 Å². The maximum absolute atomic E-state index is 5.64. The molecule has 1 aromatic carbocycles. The Labute approximate surface area is 112 Å². The van der Waals surface area contributed by atoms with E-state index in [0.717, 1.165) is 32.7 Å². The van der Waals surface area contributed by atoms with Crippen LogP contribution in [0.3, 0.4) is 0 Å². The third-order valence-electron chi connectivity index (χ3n) is 2.78. The van der Waals surface area contributed by atoms with Crippen LogP contribution in [0, 0.1) is 5.92 Å². The van der Waals surface area contributed by atoms with Crippen LogP contribution in [-0.4, -0.2) is 13.2 Å². The summed E-state index contributed by atoms with van der Waals surface area (Å²) in [7, 11) is 0. The molecule has 0 aromatic heterocycles. The summed E-state index contributed by atoms with van der Waals surface area (Å²) in [5.41, 5.74) is 2.61. The molecule has 0 saturated heterocycles. The average molecular weight is 249 g/mol. The topological polar surface area (TPSA) is 21.3 Å². The predicted molar refractivity (Wildman–Crippen MR) is 77.6 cm³/mol. The van der Waals surface area contributed by atoms with E-state index in [1.54, 1.807) is 0 Å². The van der Waals surface area contributed by atoms with Crippen LogP contribution in [0.1, 0.15) is 44.7 Å². The molecule has 0 aliphatic heterocycles. The molecular formula is C16H27NO. The largest absolute Gasteiger partial charge is 0.377 e. The van der Waals surface area contributed by atoms with Crippen molar-refractivity contribution >= 4 is 0 Å². The Kier molecular flexibility index (Phi) is 7.70. The van der Waals surface area contributed by atoms with Crippen LogP contribution >= 0.6 is 0 Å². The fraction of sp³-hybridized carbons (Fsp3) is 0.625. The molecule has 0 amide bonds. The number of hydrogen-bond donors (Lipinski definition) is 1. The van der Waals surface area contributed by atoms with Crippen LogP contribution in [0.5, 0.6) is 0 Å². The molecule has 1 rings (SSSR count). The van der Waals surface area contributed by atoms with Gasteiger partial charge in [-0.25, -0.2) is 0 Å². The van der Waals surface area contributed by atoms with E-state index >= 15 is 0 Å². The van der Waals surface area contributed by atoms with E-state index in [9.17, 15) is 0 Å². The van der Waals surface area contributed by atoms with Crippen molar-refractivity contribution in [3.05, 3.63) is 35.4 Å². The van der Waals surface area contributed by atoms with Gasteiger partial charge in [0, 0.05) is 13.2 Å². The zero-order chi connectivity index (χ0) is 13.2. The summed E-state index contributed by atoms with van der Waals surface area (Å²) in [6, 6.07) is 8.66. The van der Waals surface area contributed by atoms with Gasteiger partial charge in [-0.15, -0.1) is 0 Å². The van der Waals surface area contributed by atoms with Crippen molar-refractivity contribution in [3.8, 4) is 0 Å². The zero-order valence-electron chi connectivity index (χ0n) is 12.0. The number of hydrogen-bond acceptors (Lipinski definition) is 2. The van der Waals surface area contributed by atoms with Gasteiger partial charge >= 0.3 is 0 Å². The quantitative estimate of drug-likeness (QED) is 0.673. The highest BCUT2D eigenvalue weighted by Gasteiger charge is 1.98. The molecule has 0 aliphatic carbocycles. The lowest BCUT2D eigenvalue weighted by molar-refractivity contribution is 0.118. The lowest BCUT2D eigenvalue weighted by Gasteiger charge is -2.09. The molecular weight excluding hydrogens is 222 g/mol. The van der Waals surface area contributed by atoms with E-state index < -0.39 is 0 Å². The zero-order valence-corrected chi connectivity index (χ0v) is 12.0. The van der Waals surface area contributed by atoms with Gasteiger partial charge in [0.05, 0.1) is 6.61 Å². The molecule has 0 heterocycles. The van der Waals surface area contributed by atoms with Crippen molar-refractivity contribution in [2.75, 3.05) is 13.2 Å². The standard InChI is InChI=1S/C16H27NO/c1-4-5-9-18-13-16-8-6-7-15(10-16)12-17-11-14(2)3/h6-8,10,14,17H,4-5,9,11-13H2,1-3H3. The average Bonchev–Trinajstić information content (AvgIpc) is 2.35. The van der Waals surface area contributed by atoms with Gasteiger partial charge in [-0.1, -0.05) is 51.5 Å². The second-order valence-corrected chi connectivity index (χ2v) is 5.25. The molecule has 1 aromatic rings. The van der Waals surface area contributed by atoms with Crippen LogP contribution < -0.4 is 5.32 Å². The number of unbranched alkanes of at least 4 members (excludes halogenated alkanes) is 1. The summed E-state index contributed by atoms with van der Waals surface area (Å²) in [6.07, 6.45) is 2.34. The molecule has 0 aliphatic rings. The highest BCUT2D eigenvalue weighted by molar-refractivity contribution is 5.22. The van der Waals surface area contributed by atoms with E-state index in [1.165, 1.54) is 17.5 Å². The number of benzene rings is 1. The lowest BCUT2D eigenvalue weighted by Crippen LogP contribution is -2.18.